The molecule has 0 spiro atoms. The minimum absolute atomic E-state index is 0.182. The Kier molecular flexibility index (Phi) is 6.16. The molecule has 30 heavy (non-hydrogen) atoms. The third-order valence-corrected chi connectivity index (χ3v) is 8.36. The molecule has 8 heteroatoms. The Morgan fingerprint density at radius 3 is 2.63 bits per heavy atom. The fraction of sp³-hybridized carbons (Fsp3) is 0.636. The molecule has 0 saturated carbocycles. The maximum absolute atomic E-state index is 13.0. The van der Waals surface area contributed by atoms with Crippen molar-refractivity contribution >= 4 is 27.0 Å². The van der Waals surface area contributed by atoms with E-state index in [1.807, 2.05) is 22.6 Å². The molecule has 2 fully saturated rings. The largest absolute Gasteiger partial charge is 0.342 e. The number of hydrogen-bond acceptors (Lipinski definition) is 4. The molecule has 1 aromatic heterocycles. The third kappa shape index (κ3) is 4.25. The molecule has 2 aromatic rings. The van der Waals surface area contributed by atoms with Gasteiger partial charge in [0.1, 0.15) is 5.82 Å². The first kappa shape index (κ1) is 21.3. The highest BCUT2D eigenvalue weighted by Gasteiger charge is 2.27. The smallest absolute Gasteiger partial charge is 0.243 e. The minimum atomic E-state index is -3.48. The predicted octanol–water partition coefficient (Wildman–Crippen LogP) is 2.94. The zero-order chi connectivity index (χ0) is 21.3. The van der Waals surface area contributed by atoms with Crippen molar-refractivity contribution in [3.63, 3.8) is 0 Å². The van der Waals surface area contributed by atoms with E-state index in [-0.39, 0.29) is 5.91 Å². The van der Waals surface area contributed by atoms with Gasteiger partial charge < -0.3 is 9.47 Å². The van der Waals surface area contributed by atoms with Crippen molar-refractivity contribution in [2.75, 3.05) is 26.2 Å². The summed E-state index contributed by atoms with van der Waals surface area (Å²) in [5, 5.41) is 0. The number of carbonyl (C=O) groups is 1. The number of aryl methyl sites for hydroxylation is 2. The van der Waals surface area contributed by atoms with Gasteiger partial charge in [-0.15, -0.1) is 0 Å². The summed E-state index contributed by atoms with van der Waals surface area (Å²) in [6.45, 7) is 5.07. The molecule has 1 atom stereocenters. The van der Waals surface area contributed by atoms with Crippen molar-refractivity contribution in [1.29, 1.82) is 0 Å². The number of amides is 1. The summed E-state index contributed by atoms with van der Waals surface area (Å²) in [7, 11) is -1.55. The first-order valence-electron chi connectivity index (χ1n) is 11.1. The summed E-state index contributed by atoms with van der Waals surface area (Å²) in [5.41, 5.74) is 1.56. The number of imidazole rings is 1. The first-order chi connectivity index (χ1) is 14.4. The summed E-state index contributed by atoms with van der Waals surface area (Å²) in [6, 6.07) is 5.19. The second-order valence-corrected chi connectivity index (χ2v) is 10.7. The Morgan fingerprint density at radius 1 is 1.13 bits per heavy atom. The highest BCUT2D eigenvalue weighted by atomic mass is 32.2. The number of rotatable bonds is 5. The van der Waals surface area contributed by atoms with Crippen LogP contribution in [-0.2, 0) is 28.3 Å². The maximum atomic E-state index is 13.0. The Labute approximate surface area is 179 Å². The molecule has 2 saturated heterocycles. The van der Waals surface area contributed by atoms with Crippen LogP contribution in [0.2, 0.25) is 0 Å². The lowest BCUT2D eigenvalue weighted by Crippen LogP contribution is -2.39. The summed E-state index contributed by atoms with van der Waals surface area (Å²) >= 11 is 0. The molecule has 0 radical (unpaired) electrons. The van der Waals surface area contributed by atoms with Crippen LogP contribution in [0.3, 0.4) is 0 Å². The molecule has 164 valence electrons. The molecular formula is C22H32N4O3S. The van der Waals surface area contributed by atoms with E-state index in [2.05, 4.69) is 11.9 Å². The lowest BCUT2D eigenvalue weighted by atomic mass is 10.00. The molecule has 0 N–H and O–H groups in total. The van der Waals surface area contributed by atoms with E-state index in [0.717, 1.165) is 50.1 Å². The first-order valence-corrected chi connectivity index (χ1v) is 12.5. The van der Waals surface area contributed by atoms with Crippen LogP contribution in [0.5, 0.6) is 0 Å². The van der Waals surface area contributed by atoms with Gasteiger partial charge in [-0.3, -0.25) is 4.79 Å². The Hall–Kier alpha value is -1.93. The lowest BCUT2D eigenvalue weighted by Gasteiger charge is -2.31. The van der Waals surface area contributed by atoms with E-state index in [1.165, 1.54) is 6.42 Å². The van der Waals surface area contributed by atoms with Crippen molar-refractivity contribution in [3.05, 3.63) is 24.0 Å². The average molecular weight is 433 g/mol. The van der Waals surface area contributed by atoms with E-state index in [0.29, 0.717) is 42.3 Å². The van der Waals surface area contributed by atoms with Crippen LogP contribution in [0.4, 0.5) is 0 Å². The van der Waals surface area contributed by atoms with E-state index in [9.17, 15) is 13.2 Å². The Balaban J connectivity index is 1.50. The second kappa shape index (κ2) is 8.67. The maximum Gasteiger partial charge on any atom is 0.243 e. The van der Waals surface area contributed by atoms with Crippen LogP contribution in [-0.4, -0.2) is 59.3 Å². The van der Waals surface area contributed by atoms with Crippen LogP contribution >= 0.6 is 0 Å². The zero-order valence-corrected chi connectivity index (χ0v) is 18.8. The second-order valence-electron chi connectivity index (χ2n) is 8.79. The van der Waals surface area contributed by atoms with Crippen molar-refractivity contribution in [1.82, 2.24) is 18.8 Å². The van der Waals surface area contributed by atoms with E-state index >= 15 is 0 Å². The normalized spacial score (nSPS) is 21.3. The summed E-state index contributed by atoms with van der Waals surface area (Å²) in [5.74, 6) is 1.57. The number of fused-ring (bicyclic) bond motifs is 1. The number of sulfonamides is 1. The minimum Gasteiger partial charge on any atom is -0.342 e. The van der Waals surface area contributed by atoms with E-state index in [4.69, 9.17) is 0 Å². The predicted molar refractivity (Wildman–Crippen MR) is 117 cm³/mol. The number of nitrogens with zero attached hydrogens (tertiary/aromatic N) is 4. The van der Waals surface area contributed by atoms with Crippen molar-refractivity contribution in [2.45, 2.75) is 56.8 Å². The summed E-state index contributed by atoms with van der Waals surface area (Å²) in [4.78, 5) is 19.6. The standard InChI is InChI=1S/C22H32N4O3S/c1-17-7-6-12-25(16-17)22(27)11-10-21-23-19-15-18(8-9-20(19)24(21)2)30(28,29)26-13-4-3-5-14-26/h8-9,15,17H,3-7,10-14,16H2,1-2H3/t17-/m1/s1. The number of likely N-dealkylation sites (tertiary alicyclic amines) is 1. The van der Waals surface area contributed by atoms with Crippen LogP contribution in [0.25, 0.3) is 11.0 Å². The molecule has 2 aliphatic heterocycles. The highest BCUT2D eigenvalue weighted by Crippen LogP contribution is 2.25. The lowest BCUT2D eigenvalue weighted by molar-refractivity contribution is -0.132. The van der Waals surface area contributed by atoms with Crippen LogP contribution in [0.15, 0.2) is 23.1 Å². The van der Waals surface area contributed by atoms with Gasteiger partial charge in [0.25, 0.3) is 0 Å². The van der Waals surface area contributed by atoms with Gasteiger partial charge in [0.05, 0.1) is 15.9 Å². The molecule has 4 rings (SSSR count). The van der Waals surface area contributed by atoms with Gasteiger partial charge in [0, 0.05) is 46.1 Å². The van der Waals surface area contributed by atoms with Crippen LogP contribution < -0.4 is 0 Å². The fourth-order valence-electron chi connectivity index (χ4n) is 4.66. The topological polar surface area (TPSA) is 75.5 Å². The molecular weight excluding hydrogens is 400 g/mol. The number of carbonyl (C=O) groups excluding carboxylic acids is 1. The molecule has 2 aliphatic rings. The number of benzene rings is 1. The Bertz CT molecular complexity index is 1020. The van der Waals surface area contributed by atoms with Gasteiger partial charge in [0.15, 0.2) is 0 Å². The van der Waals surface area contributed by atoms with Gasteiger partial charge in [-0.2, -0.15) is 4.31 Å². The average Bonchev–Trinajstić information content (AvgIpc) is 3.07. The van der Waals surface area contributed by atoms with Crippen LogP contribution in [0.1, 0.15) is 51.3 Å². The number of hydrogen-bond donors (Lipinski definition) is 0. The zero-order valence-electron chi connectivity index (χ0n) is 18.0. The molecule has 1 aromatic carbocycles. The van der Waals surface area contributed by atoms with Crippen molar-refractivity contribution in [2.24, 2.45) is 13.0 Å². The Morgan fingerprint density at radius 2 is 1.90 bits per heavy atom. The van der Waals surface area contributed by atoms with E-state index < -0.39 is 10.0 Å². The fourth-order valence-corrected chi connectivity index (χ4v) is 6.20. The molecule has 0 unspecified atom stereocenters. The third-order valence-electron chi connectivity index (χ3n) is 6.47. The molecule has 0 aliphatic carbocycles. The van der Waals surface area contributed by atoms with E-state index in [1.54, 1.807) is 16.4 Å². The van der Waals surface area contributed by atoms with Gasteiger partial charge in [-0.1, -0.05) is 13.3 Å². The molecule has 1 amide bonds. The van der Waals surface area contributed by atoms with Gasteiger partial charge in [0.2, 0.25) is 15.9 Å². The number of aromatic nitrogens is 2. The van der Waals surface area contributed by atoms with Gasteiger partial charge in [-0.25, -0.2) is 13.4 Å². The molecule has 7 nitrogen and oxygen atoms in total. The van der Waals surface area contributed by atoms with Gasteiger partial charge >= 0.3 is 0 Å². The highest BCUT2D eigenvalue weighted by molar-refractivity contribution is 7.89. The summed E-state index contributed by atoms with van der Waals surface area (Å²) < 4.78 is 29.5. The van der Waals surface area contributed by atoms with Gasteiger partial charge in [-0.05, 0) is 49.8 Å². The number of piperidine rings is 2. The monoisotopic (exact) mass is 432 g/mol. The van der Waals surface area contributed by atoms with Crippen LogP contribution in [0, 0.1) is 5.92 Å². The summed E-state index contributed by atoms with van der Waals surface area (Å²) in [6.07, 6.45) is 6.18. The van der Waals surface area contributed by atoms with Crippen molar-refractivity contribution < 1.29 is 13.2 Å². The van der Waals surface area contributed by atoms with Crippen molar-refractivity contribution in [3.8, 4) is 0 Å². The molecule has 0 bridgehead atoms. The SMILES string of the molecule is C[C@@H]1CCCN(C(=O)CCc2nc3cc(S(=O)(=O)N4CCCCC4)ccc3n2C)C1. The quantitative estimate of drug-likeness (QED) is 0.728. The molecule has 3 heterocycles.